The van der Waals surface area contributed by atoms with Crippen LogP contribution in [0, 0.1) is 0 Å². The Hall–Kier alpha value is -0.650. The molecule has 0 aromatic carbocycles. The average molecular weight is 230 g/mol. The van der Waals surface area contributed by atoms with E-state index in [4.69, 9.17) is 5.11 Å². The monoisotopic (exact) mass is 230 g/mol. The normalized spacial score (nSPS) is 26.3. The maximum Gasteiger partial charge on any atom is 0.306 e. The van der Waals surface area contributed by atoms with E-state index < -0.39 is 12.1 Å². The number of aliphatic hydroxyl groups excluding tert-OH is 1. The van der Waals surface area contributed by atoms with E-state index in [9.17, 15) is 9.90 Å². The van der Waals surface area contributed by atoms with Gasteiger partial charge in [0.2, 0.25) is 0 Å². The number of aliphatic carboxylic acids is 1. The highest BCUT2D eigenvalue weighted by Crippen LogP contribution is 2.10. The van der Waals surface area contributed by atoms with Crippen molar-refractivity contribution in [2.75, 3.05) is 33.2 Å². The molecular formula is C11H22N2O3. The molecule has 0 aromatic heterocycles. The Labute approximate surface area is 96.7 Å². The number of aliphatic hydroxyl groups is 1. The van der Waals surface area contributed by atoms with Crippen LogP contribution in [0.5, 0.6) is 0 Å². The van der Waals surface area contributed by atoms with Gasteiger partial charge in [0.25, 0.3) is 0 Å². The van der Waals surface area contributed by atoms with E-state index in [0.29, 0.717) is 12.6 Å². The number of carboxylic acids is 1. The van der Waals surface area contributed by atoms with Gasteiger partial charge in [-0.1, -0.05) is 0 Å². The van der Waals surface area contributed by atoms with E-state index >= 15 is 0 Å². The van der Waals surface area contributed by atoms with Crippen LogP contribution in [0.25, 0.3) is 0 Å². The molecule has 1 rings (SSSR count). The summed E-state index contributed by atoms with van der Waals surface area (Å²) in [7, 11) is 2.09. The van der Waals surface area contributed by atoms with Gasteiger partial charge in [0.1, 0.15) is 0 Å². The van der Waals surface area contributed by atoms with Crippen molar-refractivity contribution in [1.82, 2.24) is 9.80 Å². The fraction of sp³-hybridized carbons (Fsp3) is 0.909. The lowest BCUT2D eigenvalue weighted by atomic mass is 10.2. The summed E-state index contributed by atoms with van der Waals surface area (Å²) in [5.41, 5.74) is 0. The van der Waals surface area contributed by atoms with E-state index in [-0.39, 0.29) is 6.42 Å². The molecular weight excluding hydrogens is 208 g/mol. The highest BCUT2D eigenvalue weighted by atomic mass is 16.4. The van der Waals surface area contributed by atoms with Crippen LogP contribution < -0.4 is 0 Å². The van der Waals surface area contributed by atoms with Crippen LogP contribution in [0.2, 0.25) is 0 Å². The first-order valence-electron chi connectivity index (χ1n) is 5.81. The molecule has 1 fully saturated rings. The highest BCUT2D eigenvalue weighted by molar-refractivity contribution is 5.67. The van der Waals surface area contributed by atoms with Gasteiger partial charge in [-0.3, -0.25) is 9.69 Å². The zero-order valence-electron chi connectivity index (χ0n) is 10.1. The first kappa shape index (κ1) is 13.4. The van der Waals surface area contributed by atoms with E-state index in [0.717, 1.165) is 26.1 Å². The quantitative estimate of drug-likeness (QED) is 0.703. The molecule has 5 nitrogen and oxygen atoms in total. The Bertz CT molecular complexity index is 235. The van der Waals surface area contributed by atoms with Crippen LogP contribution in [-0.2, 0) is 4.79 Å². The molecule has 2 atom stereocenters. The van der Waals surface area contributed by atoms with Gasteiger partial charge < -0.3 is 15.1 Å². The van der Waals surface area contributed by atoms with E-state index in [2.05, 4.69) is 23.8 Å². The first-order chi connectivity index (χ1) is 7.49. The minimum atomic E-state index is -0.938. The summed E-state index contributed by atoms with van der Waals surface area (Å²) >= 11 is 0. The molecule has 0 saturated carbocycles. The number of likely N-dealkylation sites (N-methyl/N-ethyl adjacent to an activating group) is 1. The van der Waals surface area contributed by atoms with Gasteiger partial charge in [-0.15, -0.1) is 0 Å². The summed E-state index contributed by atoms with van der Waals surface area (Å²) in [5.74, 6) is -0.938. The van der Waals surface area contributed by atoms with E-state index in [1.807, 2.05) is 0 Å². The summed E-state index contributed by atoms with van der Waals surface area (Å²) in [5, 5.41) is 18.2. The summed E-state index contributed by atoms with van der Waals surface area (Å²) < 4.78 is 0. The second-order valence-electron chi connectivity index (χ2n) is 4.71. The minimum Gasteiger partial charge on any atom is -0.481 e. The van der Waals surface area contributed by atoms with Crippen molar-refractivity contribution in [2.45, 2.75) is 31.9 Å². The predicted octanol–water partition coefficient (Wildman–Crippen LogP) is -0.152. The molecule has 5 heteroatoms. The molecule has 94 valence electrons. The Kier molecular flexibility index (Phi) is 5.18. The first-order valence-corrected chi connectivity index (χ1v) is 5.81. The third-order valence-corrected chi connectivity index (χ3v) is 3.04. The van der Waals surface area contributed by atoms with Gasteiger partial charge in [0, 0.05) is 19.1 Å². The molecule has 0 aliphatic carbocycles. The molecule has 2 N–H and O–H groups in total. The SMILES string of the molecule is CC1CN(C)CCCN1CC(O)CC(=O)O. The summed E-state index contributed by atoms with van der Waals surface area (Å²) in [6.07, 6.45) is 0.142. The molecule has 0 amide bonds. The van der Waals surface area contributed by atoms with Crippen LogP contribution in [0.1, 0.15) is 19.8 Å². The summed E-state index contributed by atoms with van der Waals surface area (Å²) in [6.45, 7) is 5.55. The van der Waals surface area contributed by atoms with Crippen LogP contribution >= 0.6 is 0 Å². The largest absolute Gasteiger partial charge is 0.481 e. The van der Waals surface area contributed by atoms with Crippen molar-refractivity contribution in [3.63, 3.8) is 0 Å². The predicted molar refractivity (Wildman–Crippen MR) is 61.4 cm³/mol. The third kappa shape index (κ3) is 4.47. The van der Waals surface area contributed by atoms with Crippen LogP contribution in [0.4, 0.5) is 0 Å². The lowest BCUT2D eigenvalue weighted by Gasteiger charge is -2.29. The number of nitrogens with zero attached hydrogens (tertiary/aromatic N) is 2. The molecule has 1 aliphatic heterocycles. The Morgan fingerprint density at radius 2 is 2.19 bits per heavy atom. The molecule has 1 saturated heterocycles. The lowest BCUT2D eigenvalue weighted by molar-refractivity contribution is -0.139. The summed E-state index contributed by atoms with van der Waals surface area (Å²) in [4.78, 5) is 14.9. The van der Waals surface area contributed by atoms with E-state index in [1.54, 1.807) is 0 Å². The molecule has 0 aromatic rings. The molecule has 2 unspecified atom stereocenters. The highest BCUT2D eigenvalue weighted by Gasteiger charge is 2.22. The number of rotatable bonds is 4. The number of hydrogen-bond donors (Lipinski definition) is 2. The standard InChI is InChI=1S/C11H22N2O3/c1-9-7-12(2)4-3-5-13(9)8-10(14)6-11(15)16/h9-10,14H,3-8H2,1-2H3,(H,15,16). The smallest absolute Gasteiger partial charge is 0.306 e. The number of β-amino-alcohol motifs (C(OH)–C–C–N with tert-alkyl or cyclic N) is 1. The van der Waals surface area contributed by atoms with Crippen molar-refractivity contribution < 1.29 is 15.0 Å². The van der Waals surface area contributed by atoms with Crippen molar-refractivity contribution in [3.05, 3.63) is 0 Å². The van der Waals surface area contributed by atoms with Crippen LogP contribution in [0.3, 0.4) is 0 Å². The maximum absolute atomic E-state index is 10.5. The van der Waals surface area contributed by atoms with Gasteiger partial charge in [-0.2, -0.15) is 0 Å². The molecule has 16 heavy (non-hydrogen) atoms. The second-order valence-corrected chi connectivity index (χ2v) is 4.71. The van der Waals surface area contributed by atoms with Crippen LogP contribution in [-0.4, -0.2) is 71.4 Å². The zero-order chi connectivity index (χ0) is 12.1. The molecule has 1 aliphatic rings. The van der Waals surface area contributed by atoms with Gasteiger partial charge in [0.15, 0.2) is 0 Å². The molecule has 0 spiro atoms. The van der Waals surface area contributed by atoms with Crippen molar-refractivity contribution in [1.29, 1.82) is 0 Å². The van der Waals surface area contributed by atoms with Gasteiger partial charge in [-0.25, -0.2) is 0 Å². The third-order valence-electron chi connectivity index (χ3n) is 3.04. The number of hydrogen-bond acceptors (Lipinski definition) is 4. The topological polar surface area (TPSA) is 64.0 Å². The minimum absolute atomic E-state index is 0.168. The number of carboxylic acid groups (broad SMARTS) is 1. The average Bonchev–Trinajstić information content (AvgIpc) is 2.27. The zero-order valence-corrected chi connectivity index (χ0v) is 10.1. The van der Waals surface area contributed by atoms with Crippen molar-refractivity contribution >= 4 is 5.97 Å². The molecule has 1 heterocycles. The molecule has 0 bridgehead atoms. The maximum atomic E-state index is 10.5. The number of carbonyl (C=O) groups is 1. The van der Waals surface area contributed by atoms with E-state index in [1.165, 1.54) is 0 Å². The van der Waals surface area contributed by atoms with Gasteiger partial charge in [-0.05, 0) is 33.5 Å². The Balaban J connectivity index is 2.42. The van der Waals surface area contributed by atoms with Crippen LogP contribution in [0.15, 0.2) is 0 Å². The Morgan fingerprint density at radius 1 is 1.50 bits per heavy atom. The van der Waals surface area contributed by atoms with Crippen molar-refractivity contribution in [3.8, 4) is 0 Å². The molecule has 0 radical (unpaired) electrons. The fourth-order valence-corrected chi connectivity index (χ4v) is 2.23. The summed E-state index contributed by atoms with van der Waals surface area (Å²) in [6, 6.07) is 0.371. The fourth-order valence-electron chi connectivity index (χ4n) is 2.23. The second kappa shape index (κ2) is 6.18. The van der Waals surface area contributed by atoms with Gasteiger partial charge in [0.05, 0.1) is 12.5 Å². The van der Waals surface area contributed by atoms with Gasteiger partial charge >= 0.3 is 5.97 Å². The van der Waals surface area contributed by atoms with Crippen molar-refractivity contribution in [2.24, 2.45) is 0 Å². The Morgan fingerprint density at radius 3 is 2.81 bits per heavy atom. The lowest BCUT2D eigenvalue weighted by Crippen LogP contribution is -2.42.